The average molecular weight is 575 g/mol. The Bertz CT molecular complexity index is 1660. The number of aryl methyl sites for hydroxylation is 2. The molecule has 0 spiro atoms. The molecule has 9 nitrogen and oxygen atoms in total. The molecule has 0 atom stereocenters. The number of para-hydroxylation sites is 1. The number of nitrogens with two attached hydrogens (primary N) is 1. The van der Waals surface area contributed by atoms with E-state index in [1.54, 1.807) is 42.6 Å². The summed E-state index contributed by atoms with van der Waals surface area (Å²) < 4.78 is 6.45. The summed E-state index contributed by atoms with van der Waals surface area (Å²) >= 11 is 0. The number of phenols is 1. The number of piperidine rings is 1. The molecule has 0 saturated carbocycles. The number of primary amides is 1. The van der Waals surface area contributed by atoms with E-state index >= 15 is 0 Å². The van der Waals surface area contributed by atoms with Crippen LogP contribution in [0.5, 0.6) is 17.4 Å². The fraction of sp³-hybridized carbons (Fsp3) is 0.235. The van der Waals surface area contributed by atoms with Gasteiger partial charge in [0.05, 0.1) is 11.6 Å². The number of nitrogens with one attached hydrogen (secondary N) is 1. The van der Waals surface area contributed by atoms with Gasteiger partial charge in [0.1, 0.15) is 11.5 Å². The monoisotopic (exact) mass is 574 g/mol. The van der Waals surface area contributed by atoms with Crippen molar-refractivity contribution < 1.29 is 14.6 Å². The third kappa shape index (κ3) is 7.18. The number of nitriles is 1. The SMILES string of the molecule is Cc1cc(/C=C/C#N)cc(C)c1Oc1nc(NC2CCN(Cc3ccc(C(N)=O)cc3)CC2)ncc1-c1ccccc1O. The molecule has 0 radical (unpaired) electrons. The number of nitrogens with zero attached hydrogens (tertiary/aromatic N) is 4. The van der Waals surface area contributed by atoms with Crippen molar-refractivity contribution in [2.24, 2.45) is 5.73 Å². The highest BCUT2D eigenvalue weighted by Crippen LogP contribution is 2.39. The van der Waals surface area contributed by atoms with Gasteiger partial charge in [-0.25, -0.2) is 4.98 Å². The van der Waals surface area contributed by atoms with Gasteiger partial charge in [0, 0.05) is 49.1 Å². The first-order valence-electron chi connectivity index (χ1n) is 14.2. The Hall–Kier alpha value is -5.20. The zero-order chi connectivity index (χ0) is 30.3. The maximum atomic E-state index is 11.3. The lowest BCUT2D eigenvalue weighted by Gasteiger charge is -2.32. The van der Waals surface area contributed by atoms with Gasteiger partial charge in [-0.2, -0.15) is 10.2 Å². The molecule has 0 aliphatic carbocycles. The number of amides is 1. The summed E-state index contributed by atoms with van der Waals surface area (Å²) in [5.74, 6) is 1.14. The zero-order valence-electron chi connectivity index (χ0n) is 24.2. The summed E-state index contributed by atoms with van der Waals surface area (Å²) in [6, 6.07) is 20.6. The van der Waals surface area contributed by atoms with E-state index < -0.39 is 5.91 Å². The van der Waals surface area contributed by atoms with E-state index in [1.165, 1.54) is 6.08 Å². The number of phenolic OH excluding ortho intramolecular Hbond substituents is 1. The second-order valence-electron chi connectivity index (χ2n) is 10.7. The molecule has 2 heterocycles. The van der Waals surface area contributed by atoms with Gasteiger partial charge in [0.15, 0.2) is 0 Å². The van der Waals surface area contributed by atoms with E-state index in [0.717, 1.165) is 54.7 Å². The minimum absolute atomic E-state index is 0.110. The molecule has 1 amide bonds. The van der Waals surface area contributed by atoms with Crippen molar-refractivity contribution in [3.63, 3.8) is 0 Å². The van der Waals surface area contributed by atoms with E-state index in [2.05, 4.69) is 15.2 Å². The number of rotatable bonds is 9. The predicted octanol–water partition coefficient (Wildman–Crippen LogP) is 5.97. The average Bonchev–Trinajstić information content (AvgIpc) is 3.00. The lowest BCUT2D eigenvalue weighted by molar-refractivity contribution is 0.1000. The maximum Gasteiger partial charge on any atom is 0.248 e. The quantitative estimate of drug-likeness (QED) is 0.208. The summed E-state index contributed by atoms with van der Waals surface area (Å²) in [4.78, 5) is 23.1. The smallest absolute Gasteiger partial charge is 0.248 e. The van der Waals surface area contributed by atoms with Crippen LogP contribution < -0.4 is 15.8 Å². The molecule has 4 N–H and O–H groups in total. The predicted molar refractivity (Wildman–Crippen MR) is 167 cm³/mol. The lowest BCUT2D eigenvalue weighted by atomic mass is 10.0. The van der Waals surface area contributed by atoms with Crippen LogP contribution in [0.2, 0.25) is 0 Å². The van der Waals surface area contributed by atoms with Gasteiger partial charge in [-0.1, -0.05) is 30.3 Å². The number of hydrogen-bond donors (Lipinski definition) is 3. The second kappa shape index (κ2) is 13.2. The van der Waals surface area contributed by atoms with Gasteiger partial charge >= 0.3 is 0 Å². The number of anilines is 1. The van der Waals surface area contributed by atoms with Crippen LogP contribution in [0.25, 0.3) is 17.2 Å². The van der Waals surface area contributed by atoms with Gasteiger partial charge < -0.3 is 20.9 Å². The van der Waals surface area contributed by atoms with Crippen LogP contribution in [0, 0.1) is 25.2 Å². The molecule has 1 fully saturated rings. The Morgan fingerprint density at radius 1 is 1.12 bits per heavy atom. The molecule has 1 aliphatic heterocycles. The summed E-state index contributed by atoms with van der Waals surface area (Å²) in [7, 11) is 0. The highest BCUT2D eigenvalue weighted by atomic mass is 16.5. The van der Waals surface area contributed by atoms with Crippen LogP contribution in [-0.4, -0.2) is 45.0 Å². The minimum Gasteiger partial charge on any atom is -0.507 e. The Morgan fingerprint density at radius 3 is 2.47 bits per heavy atom. The van der Waals surface area contributed by atoms with Gasteiger partial charge in [0.25, 0.3) is 0 Å². The number of benzene rings is 3. The number of carbonyl (C=O) groups excluding carboxylic acids is 1. The van der Waals surface area contributed by atoms with Gasteiger partial charge in [0.2, 0.25) is 17.7 Å². The molecule has 43 heavy (non-hydrogen) atoms. The van der Waals surface area contributed by atoms with Crippen molar-refractivity contribution in [2.75, 3.05) is 18.4 Å². The number of likely N-dealkylation sites (tertiary alicyclic amines) is 1. The fourth-order valence-corrected chi connectivity index (χ4v) is 5.32. The van der Waals surface area contributed by atoms with Crippen molar-refractivity contribution in [3.05, 3.63) is 101 Å². The fourth-order valence-electron chi connectivity index (χ4n) is 5.32. The van der Waals surface area contributed by atoms with Crippen molar-refractivity contribution >= 4 is 17.9 Å². The number of carbonyl (C=O) groups is 1. The number of aromatic nitrogens is 2. The van der Waals surface area contributed by atoms with Crippen molar-refractivity contribution in [1.82, 2.24) is 14.9 Å². The number of allylic oxidation sites excluding steroid dienone is 1. The van der Waals surface area contributed by atoms with Crippen LogP contribution in [0.4, 0.5) is 5.95 Å². The maximum absolute atomic E-state index is 11.3. The normalized spacial score (nSPS) is 14.0. The zero-order valence-corrected chi connectivity index (χ0v) is 24.2. The number of ether oxygens (including phenoxy) is 1. The van der Waals surface area contributed by atoms with E-state index in [0.29, 0.717) is 34.3 Å². The molecule has 1 saturated heterocycles. The van der Waals surface area contributed by atoms with E-state index in [9.17, 15) is 9.90 Å². The summed E-state index contributed by atoms with van der Waals surface area (Å²) in [6.07, 6.45) is 6.71. The third-order valence-electron chi connectivity index (χ3n) is 7.55. The molecule has 4 aromatic rings. The largest absolute Gasteiger partial charge is 0.507 e. The minimum atomic E-state index is -0.421. The van der Waals surface area contributed by atoms with Gasteiger partial charge in [-0.15, -0.1) is 0 Å². The first kappa shape index (κ1) is 29.3. The van der Waals surface area contributed by atoms with Crippen molar-refractivity contribution in [2.45, 2.75) is 39.3 Å². The van der Waals surface area contributed by atoms with E-state index in [1.807, 2.05) is 50.2 Å². The first-order chi connectivity index (χ1) is 20.8. The molecule has 3 aromatic carbocycles. The molecule has 9 heteroatoms. The van der Waals surface area contributed by atoms with Crippen molar-refractivity contribution in [3.8, 4) is 34.6 Å². The molecule has 218 valence electrons. The topological polar surface area (TPSA) is 137 Å². The van der Waals surface area contributed by atoms with E-state index in [4.69, 9.17) is 20.7 Å². The van der Waals surface area contributed by atoms with Crippen LogP contribution in [0.15, 0.2) is 72.9 Å². The molecule has 1 aliphatic rings. The van der Waals surface area contributed by atoms with Gasteiger partial charge in [-0.3, -0.25) is 9.69 Å². The molecular formula is C34H34N6O3. The third-order valence-corrected chi connectivity index (χ3v) is 7.55. The summed E-state index contributed by atoms with van der Waals surface area (Å²) in [6.45, 7) is 6.51. The van der Waals surface area contributed by atoms with E-state index in [-0.39, 0.29) is 11.8 Å². The Balaban J connectivity index is 1.33. The standard InChI is InChI=1S/C34H34N6O3/c1-22-18-25(6-5-15-35)19-23(2)31(22)43-33-29(28-7-3-4-8-30(28)41)20-37-34(39-33)38-27-13-16-40(17-14-27)21-24-9-11-26(12-10-24)32(36)42/h3-12,18-20,27,41H,13-14,16-17,21H2,1-2H3,(H2,36,42)(H,37,38,39)/b6-5+. The van der Waals surface area contributed by atoms with Crippen LogP contribution >= 0.6 is 0 Å². The molecule has 0 bridgehead atoms. The Kier molecular flexibility index (Phi) is 8.99. The number of hydrogen-bond acceptors (Lipinski definition) is 8. The molecule has 1 aromatic heterocycles. The van der Waals surface area contributed by atoms with Crippen LogP contribution in [-0.2, 0) is 6.54 Å². The van der Waals surface area contributed by atoms with Crippen molar-refractivity contribution in [1.29, 1.82) is 5.26 Å². The highest BCUT2D eigenvalue weighted by Gasteiger charge is 2.22. The highest BCUT2D eigenvalue weighted by molar-refractivity contribution is 5.92. The number of aromatic hydroxyl groups is 1. The molecule has 5 rings (SSSR count). The lowest BCUT2D eigenvalue weighted by Crippen LogP contribution is -2.39. The molecular weight excluding hydrogens is 540 g/mol. The van der Waals surface area contributed by atoms with Crippen LogP contribution in [0.3, 0.4) is 0 Å². The van der Waals surface area contributed by atoms with Gasteiger partial charge in [-0.05, 0) is 85.4 Å². The summed E-state index contributed by atoms with van der Waals surface area (Å²) in [5, 5.41) is 23.0. The first-order valence-corrected chi connectivity index (χ1v) is 14.2. The van der Waals surface area contributed by atoms with Crippen LogP contribution in [0.1, 0.15) is 45.5 Å². The Morgan fingerprint density at radius 2 is 1.81 bits per heavy atom. The Labute approximate surface area is 251 Å². The molecule has 0 unspecified atom stereocenters. The summed E-state index contributed by atoms with van der Waals surface area (Å²) in [5.41, 5.74) is 10.9. The second-order valence-corrected chi connectivity index (χ2v) is 10.7.